The first-order chi connectivity index (χ1) is 8.41. The summed E-state index contributed by atoms with van der Waals surface area (Å²) in [6, 6.07) is 6.39. The molecule has 0 unspecified atom stereocenters. The van der Waals surface area contributed by atoms with Crippen molar-refractivity contribution in [3.05, 3.63) is 51.7 Å². The molecule has 2 nitrogen and oxygen atoms in total. The molecule has 0 fully saturated rings. The van der Waals surface area contributed by atoms with Crippen molar-refractivity contribution in [2.75, 3.05) is 0 Å². The molecule has 0 radical (unpaired) electrons. The maximum atomic E-state index is 12.9. The Balaban J connectivity index is 2.40. The highest BCUT2D eigenvalue weighted by atomic mass is 32.1. The molecule has 0 atom stereocenters. The normalized spacial score (nSPS) is 11.6. The quantitative estimate of drug-likeness (QED) is 0.788. The number of benzene rings is 1. The van der Waals surface area contributed by atoms with Gasteiger partial charge in [0.2, 0.25) is 0 Å². The highest BCUT2D eigenvalue weighted by Crippen LogP contribution is 2.33. The van der Waals surface area contributed by atoms with Gasteiger partial charge in [-0.3, -0.25) is 4.79 Å². The van der Waals surface area contributed by atoms with Crippen LogP contribution in [-0.4, -0.2) is 10.8 Å². The van der Waals surface area contributed by atoms with E-state index >= 15 is 0 Å². The summed E-state index contributed by atoms with van der Waals surface area (Å²) in [5, 5.41) is 2.63. The van der Waals surface area contributed by atoms with Crippen LogP contribution in [-0.2, 0) is 5.41 Å². The van der Waals surface area contributed by atoms with E-state index < -0.39 is 0 Å². The Morgan fingerprint density at radius 1 is 1.28 bits per heavy atom. The van der Waals surface area contributed by atoms with Gasteiger partial charge in [0.15, 0.2) is 5.78 Å². The number of hydrogen-bond donors (Lipinski definition) is 0. The molecule has 0 N–H and O–H groups in total. The van der Waals surface area contributed by atoms with Gasteiger partial charge in [0.25, 0.3) is 0 Å². The van der Waals surface area contributed by atoms with Gasteiger partial charge in [-0.1, -0.05) is 12.1 Å². The average Bonchev–Trinajstić information content (AvgIpc) is 2.79. The molecule has 0 aliphatic rings. The van der Waals surface area contributed by atoms with Crippen LogP contribution in [0.4, 0.5) is 4.39 Å². The minimum atomic E-state index is -0.327. The van der Waals surface area contributed by atoms with Gasteiger partial charge < -0.3 is 0 Å². The van der Waals surface area contributed by atoms with Gasteiger partial charge in [0.1, 0.15) is 16.5 Å². The van der Waals surface area contributed by atoms with Gasteiger partial charge in [-0.05, 0) is 31.5 Å². The van der Waals surface area contributed by atoms with Gasteiger partial charge in [0.05, 0.1) is 0 Å². The molecule has 0 spiro atoms. The molecule has 0 aliphatic carbocycles. The van der Waals surface area contributed by atoms with E-state index in [9.17, 15) is 9.18 Å². The van der Waals surface area contributed by atoms with Crippen molar-refractivity contribution in [1.29, 1.82) is 0 Å². The number of Topliss-reactive ketones (excluding diaryl/α,β-unsaturated/α-hetero) is 1. The zero-order valence-electron chi connectivity index (χ0n) is 10.5. The molecular formula is C14H14FNOS. The van der Waals surface area contributed by atoms with Crippen molar-refractivity contribution in [3.8, 4) is 0 Å². The van der Waals surface area contributed by atoms with Crippen molar-refractivity contribution >= 4 is 17.1 Å². The second-order valence-electron chi connectivity index (χ2n) is 4.73. The lowest BCUT2D eigenvalue weighted by atomic mass is 9.85. The van der Waals surface area contributed by atoms with Crippen LogP contribution < -0.4 is 0 Å². The number of nitrogens with zero attached hydrogens (tertiary/aromatic N) is 1. The molecule has 0 bridgehead atoms. The summed E-state index contributed by atoms with van der Waals surface area (Å²) >= 11 is 1.46. The smallest absolute Gasteiger partial charge is 0.178 e. The van der Waals surface area contributed by atoms with Gasteiger partial charge in [0, 0.05) is 17.7 Å². The molecule has 0 aliphatic heterocycles. The lowest BCUT2D eigenvalue weighted by Crippen LogP contribution is -2.18. The van der Waals surface area contributed by atoms with Crippen LogP contribution in [0, 0.1) is 5.82 Å². The van der Waals surface area contributed by atoms with Gasteiger partial charge in [-0.2, -0.15) is 0 Å². The summed E-state index contributed by atoms with van der Waals surface area (Å²) < 4.78 is 12.9. The number of aromatic nitrogens is 1. The van der Waals surface area contributed by atoms with Crippen molar-refractivity contribution in [3.63, 3.8) is 0 Å². The number of rotatable bonds is 3. The lowest BCUT2D eigenvalue weighted by Gasteiger charge is -2.22. The largest absolute Gasteiger partial charge is 0.293 e. The molecule has 18 heavy (non-hydrogen) atoms. The predicted molar refractivity (Wildman–Crippen MR) is 70.6 cm³/mol. The average molecular weight is 263 g/mol. The summed E-state index contributed by atoms with van der Waals surface area (Å²) in [6.45, 7) is 5.54. The highest BCUT2D eigenvalue weighted by molar-refractivity contribution is 7.10. The predicted octanol–water partition coefficient (Wildman–Crippen LogP) is 3.81. The molecule has 0 amide bonds. The van der Waals surface area contributed by atoms with E-state index in [0.717, 1.165) is 10.6 Å². The molecule has 94 valence electrons. The number of ketones is 1. The highest BCUT2D eigenvalue weighted by Gasteiger charge is 2.27. The van der Waals surface area contributed by atoms with E-state index in [0.29, 0.717) is 5.69 Å². The maximum Gasteiger partial charge on any atom is 0.178 e. The molecule has 2 aromatic rings. The van der Waals surface area contributed by atoms with E-state index in [1.807, 2.05) is 13.8 Å². The SMILES string of the molecule is CC(=O)c1csc(C(C)(C)c2ccc(F)cc2)n1. The van der Waals surface area contributed by atoms with Gasteiger partial charge in [-0.15, -0.1) is 11.3 Å². The van der Waals surface area contributed by atoms with Crippen LogP contribution in [0.1, 0.15) is 41.8 Å². The van der Waals surface area contributed by atoms with E-state index in [1.165, 1.54) is 30.4 Å². The summed E-state index contributed by atoms with van der Waals surface area (Å²) in [5.74, 6) is -0.287. The van der Waals surface area contributed by atoms with Crippen LogP contribution in [0.3, 0.4) is 0 Å². The maximum absolute atomic E-state index is 12.9. The first kappa shape index (κ1) is 12.9. The van der Waals surface area contributed by atoms with Crippen molar-refractivity contribution in [2.45, 2.75) is 26.2 Å². The minimum Gasteiger partial charge on any atom is -0.293 e. The monoisotopic (exact) mass is 263 g/mol. The Bertz CT molecular complexity index is 572. The zero-order valence-corrected chi connectivity index (χ0v) is 11.3. The van der Waals surface area contributed by atoms with Crippen molar-refractivity contribution in [2.24, 2.45) is 0 Å². The first-order valence-corrected chi connectivity index (χ1v) is 6.52. The van der Waals surface area contributed by atoms with E-state index in [4.69, 9.17) is 0 Å². The Morgan fingerprint density at radius 3 is 2.39 bits per heavy atom. The molecule has 2 rings (SSSR count). The van der Waals surface area contributed by atoms with Crippen molar-refractivity contribution in [1.82, 2.24) is 4.98 Å². The van der Waals surface area contributed by atoms with E-state index in [1.54, 1.807) is 17.5 Å². The number of halogens is 1. The van der Waals surface area contributed by atoms with Gasteiger partial charge in [-0.25, -0.2) is 9.37 Å². The molecule has 1 aromatic carbocycles. The van der Waals surface area contributed by atoms with Crippen molar-refractivity contribution < 1.29 is 9.18 Å². The van der Waals surface area contributed by atoms with Crippen LogP contribution in [0.5, 0.6) is 0 Å². The van der Waals surface area contributed by atoms with E-state index in [2.05, 4.69) is 4.98 Å². The molecule has 1 aromatic heterocycles. The minimum absolute atomic E-state index is 0.0348. The molecular weight excluding hydrogens is 249 g/mol. The van der Waals surface area contributed by atoms with E-state index in [-0.39, 0.29) is 17.0 Å². The molecule has 4 heteroatoms. The third-order valence-corrected chi connectivity index (χ3v) is 4.13. The fourth-order valence-corrected chi connectivity index (χ4v) is 2.72. The number of hydrogen-bond acceptors (Lipinski definition) is 3. The van der Waals surface area contributed by atoms with Gasteiger partial charge >= 0.3 is 0 Å². The lowest BCUT2D eigenvalue weighted by molar-refractivity contribution is 0.101. The third-order valence-electron chi connectivity index (χ3n) is 2.97. The Kier molecular flexibility index (Phi) is 3.30. The zero-order chi connectivity index (χ0) is 13.3. The molecule has 1 heterocycles. The number of carbonyl (C=O) groups excluding carboxylic acids is 1. The summed E-state index contributed by atoms with van der Waals surface area (Å²) in [7, 11) is 0. The Morgan fingerprint density at radius 2 is 1.89 bits per heavy atom. The number of thiazole rings is 1. The summed E-state index contributed by atoms with van der Waals surface area (Å²) in [6.07, 6.45) is 0. The Hall–Kier alpha value is -1.55. The topological polar surface area (TPSA) is 30.0 Å². The second kappa shape index (κ2) is 4.61. The standard InChI is InChI=1S/C14H14FNOS/c1-9(17)12-8-18-13(16-12)14(2,3)10-4-6-11(15)7-5-10/h4-8H,1-3H3. The van der Waals surface area contributed by atoms with Crippen LogP contribution in [0.2, 0.25) is 0 Å². The second-order valence-corrected chi connectivity index (χ2v) is 5.58. The summed E-state index contributed by atoms with van der Waals surface area (Å²) in [5.41, 5.74) is 1.14. The fourth-order valence-electron chi connectivity index (χ4n) is 1.71. The van der Waals surface area contributed by atoms with Crippen LogP contribution in [0.15, 0.2) is 29.6 Å². The number of carbonyl (C=O) groups is 1. The molecule has 0 saturated heterocycles. The van der Waals surface area contributed by atoms with Crippen LogP contribution in [0.25, 0.3) is 0 Å². The third kappa shape index (κ3) is 2.34. The first-order valence-electron chi connectivity index (χ1n) is 5.64. The fraction of sp³-hybridized carbons (Fsp3) is 0.286. The Labute approximate surface area is 110 Å². The van der Waals surface area contributed by atoms with Crippen LogP contribution >= 0.6 is 11.3 Å². The molecule has 0 saturated carbocycles. The summed E-state index contributed by atoms with van der Waals surface area (Å²) in [4.78, 5) is 15.6.